The number of aliphatic hydroxyl groups is 1. The van der Waals surface area contributed by atoms with E-state index in [1.54, 1.807) is 12.1 Å². The first-order chi connectivity index (χ1) is 12.4. The fraction of sp³-hybridized carbons (Fsp3) is 0.125. The number of nitrogens with zero attached hydrogens (tertiary/aromatic N) is 1. The number of hydrogen-bond acceptors (Lipinski definition) is 7. The zero-order valence-corrected chi connectivity index (χ0v) is 15.7. The van der Waals surface area contributed by atoms with Crippen molar-refractivity contribution in [3.63, 3.8) is 0 Å². The Balaban J connectivity index is 1.67. The van der Waals surface area contributed by atoms with Crippen molar-refractivity contribution in [1.29, 1.82) is 0 Å². The summed E-state index contributed by atoms with van der Waals surface area (Å²) in [6.07, 6.45) is -0.730. The fourth-order valence-corrected chi connectivity index (χ4v) is 4.97. The number of aliphatic hydroxyl groups excluding tert-OH is 1. The molecular formula is C16H14N2O5S3. The summed E-state index contributed by atoms with van der Waals surface area (Å²) in [6.45, 7) is 0.0698. The number of nitro groups is 1. The Morgan fingerprint density at radius 2 is 1.88 bits per heavy atom. The van der Waals surface area contributed by atoms with Gasteiger partial charge in [0.25, 0.3) is 5.69 Å². The highest BCUT2D eigenvalue weighted by Crippen LogP contribution is 2.29. The van der Waals surface area contributed by atoms with Gasteiger partial charge in [0, 0.05) is 28.4 Å². The lowest BCUT2D eigenvalue weighted by molar-refractivity contribution is -0.384. The average molecular weight is 410 g/mol. The topological polar surface area (TPSA) is 110 Å². The summed E-state index contributed by atoms with van der Waals surface area (Å²) in [5.74, 6) is 0. The van der Waals surface area contributed by atoms with E-state index in [4.69, 9.17) is 0 Å². The lowest BCUT2D eigenvalue weighted by Crippen LogP contribution is -2.22. The fourth-order valence-electron chi connectivity index (χ4n) is 2.23. The second-order valence-corrected chi connectivity index (χ2v) is 9.09. The Bertz CT molecular complexity index is 995. The summed E-state index contributed by atoms with van der Waals surface area (Å²) in [7, 11) is -3.78. The summed E-state index contributed by atoms with van der Waals surface area (Å²) in [5, 5.41) is 24.7. The van der Waals surface area contributed by atoms with Gasteiger partial charge in [-0.05, 0) is 46.7 Å². The van der Waals surface area contributed by atoms with E-state index >= 15 is 0 Å². The van der Waals surface area contributed by atoms with Gasteiger partial charge < -0.3 is 5.11 Å². The van der Waals surface area contributed by atoms with Crippen LogP contribution in [0.4, 0.5) is 5.69 Å². The largest absolute Gasteiger partial charge is 0.383 e. The van der Waals surface area contributed by atoms with E-state index in [0.29, 0.717) is 0 Å². The molecule has 0 bridgehead atoms. The van der Waals surface area contributed by atoms with Crippen LogP contribution in [0.5, 0.6) is 0 Å². The van der Waals surface area contributed by atoms with Gasteiger partial charge in [-0.15, -0.1) is 11.3 Å². The molecule has 0 spiro atoms. The Morgan fingerprint density at radius 1 is 1.15 bits per heavy atom. The number of nitro benzene ring substituents is 1. The van der Waals surface area contributed by atoms with Crippen LogP contribution in [-0.2, 0) is 16.6 Å². The molecule has 1 unspecified atom stereocenters. The van der Waals surface area contributed by atoms with Crippen molar-refractivity contribution in [3.8, 4) is 0 Å². The first kappa shape index (κ1) is 18.7. The van der Waals surface area contributed by atoms with Gasteiger partial charge in [-0.25, -0.2) is 13.1 Å². The first-order valence-electron chi connectivity index (χ1n) is 7.40. The summed E-state index contributed by atoms with van der Waals surface area (Å²) in [5.41, 5.74) is 0.629. The maximum Gasteiger partial charge on any atom is 0.269 e. The van der Waals surface area contributed by atoms with Gasteiger partial charge >= 0.3 is 0 Å². The number of thiophene rings is 2. The SMILES string of the molecule is O=[N+]([O-])c1ccc(S(=O)(=O)NCc2ccc(C(O)c3ccsc3)s2)cc1. The molecule has 0 aliphatic rings. The van der Waals surface area contributed by atoms with Gasteiger partial charge in [0.05, 0.1) is 9.82 Å². The second kappa shape index (κ2) is 7.64. The van der Waals surface area contributed by atoms with Crippen molar-refractivity contribution in [2.45, 2.75) is 17.5 Å². The average Bonchev–Trinajstić information content (AvgIpc) is 3.31. The van der Waals surface area contributed by atoms with Crippen molar-refractivity contribution in [2.24, 2.45) is 0 Å². The van der Waals surface area contributed by atoms with E-state index in [9.17, 15) is 23.6 Å². The molecule has 0 amide bonds. The molecule has 0 radical (unpaired) electrons. The molecule has 1 aromatic carbocycles. The molecule has 0 fully saturated rings. The molecule has 2 heterocycles. The number of rotatable bonds is 7. The molecule has 10 heteroatoms. The maximum absolute atomic E-state index is 12.3. The van der Waals surface area contributed by atoms with E-state index in [0.717, 1.165) is 27.5 Å². The number of nitrogens with one attached hydrogen (secondary N) is 1. The number of benzene rings is 1. The third-order valence-electron chi connectivity index (χ3n) is 3.61. The zero-order chi connectivity index (χ0) is 18.7. The van der Waals surface area contributed by atoms with Crippen molar-refractivity contribution in [2.75, 3.05) is 0 Å². The van der Waals surface area contributed by atoms with Crippen LogP contribution in [0.1, 0.15) is 21.4 Å². The molecule has 2 aromatic heterocycles. The lowest BCUT2D eigenvalue weighted by Gasteiger charge is -2.06. The van der Waals surface area contributed by atoms with Crippen molar-refractivity contribution in [1.82, 2.24) is 4.72 Å². The maximum atomic E-state index is 12.3. The van der Waals surface area contributed by atoms with Crippen molar-refractivity contribution < 1.29 is 18.4 Å². The van der Waals surface area contributed by atoms with E-state index in [1.165, 1.54) is 34.8 Å². The Labute approximate surface area is 157 Å². The number of sulfonamides is 1. The first-order valence-corrected chi connectivity index (χ1v) is 10.6. The second-order valence-electron chi connectivity index (χ2n) is 5.34. The van der Waals surface area contributed by atoms with Gasteiger partial charge in [-0.2, -0.15) is 11.3 Å². The minimum Gasteiger partial charge on any atom is -0.383 e. The highest BCUT2D eigenvalue weighted by molar-refractivity contribution is 7.89. The van der Waals surface area contributed by atoms with E-state index in [-0.39, 0.29) is 17.1 Å². The highest BCUT2D eigenvalue weighted by atomic mass is 32.2. The third kappa shape index (κ3) is 4.17. The van der Waals surface area contributed by atoms with Crippen LogP contribution >= 0.6 is 22.7 Å². The molecule has 7 nitrogen and oxygen atoms in total. The monoisotopic (exact) mass is 410 g/mol. The number of non-ortho nitro benzene ring substituents is 1. The smallest absolute Gasteiger partial charge is 0.269 e. The van der Waals surface area contributed by atoms with Crippen LogP contribution < -0.4 is 4.72 Å². The molecule has 2 N–H and O–H groups in total. The molecule has 3 rings (SSSR count). The molecule has 136 valence electrons. The van der Waals surface area contributed by atoms with E-state index in [1.807, 2.05) is 16.8 Å². The normalized spacial score (nSPS) is 12.8. The van der Waals surface area contributed by atoms with Crippen LogP contribution in [0.25, 0.3) is 0 Å². The van der Waals surface area contributed by atoms with Crippen LogP contribution in [-0.4, -0.2) is 18.4 Å². The number of hydrogen-bond donors (Lipinski definition) is 2. The molecule has 0 saturated carbocycles. The van der Waals surface area contributed by atoms with Crippen LogP contribution in [0, 0.1) is 10.1 Å². The Hall–Kier alpha value is -2.11. The predicted molar refractivity (Wildman–Crippen MR) is 99.8 cm³/mol. The minimum absolute atomic E-state index is 0.0433. The Kier molecular flexibility index (Phi) is 5.49. The standard InChI is InChI=1S/C16H14N2O5S3/c19-16(11-7-8-24-10-11)15-6-3-13(25-15)9-17-26(22,23)14-4-1-12(2-5-14)18(20)21/h1-8,10,16-17,19H,9H2. The summed E-state index contributed by atoms with van der Waals surface area (Å²) < 4.78 is 27.0. The Morgan fingerprint density at radius 3 is 2.50 bits per heavy atom. The third-order valence-corrected chi connectivity index (χ3v) is 6.86. The quantitative estimate of drug-likeness (QED) is 0.459. The van der Waals surface area contributed by atoms with Crippen molar-refractivity contribution in [3.05, 3.63) is 78.7 Å². The molecule has 0 aliphatic carbocycles. The lowest BCUT2D eigenvalue weighted by atomic mass is 10.2. The molecule has 26 heavy (non-hydrogen) atoms. The molecule has 1 atom stereocenters. The van der Waals surface area contributed by atoms with Gasteiger partial charge in [-0.1, -0.05) is 0 Å². The molecule has 0 aliphatic heterocycles. The van der Waals surface area contributed by atoms with Gasteiger partial charge in [0.2, 0.25) is 10.0 Å². The molecule has 3 aromatic rings. The van der Waals surface area contributed by atoms with Crippen LogP contribution in [0.2, 0.25) is 0 Å². The van der Waals surface area contributed by atoms with Crippen LogP contribution in [0.3, 0.4) is 0 Å². The van der Waals surface area contributed by atoms with Gasteiger partial charge in [0.15, 0.2) is 0 Å². The summed E-state index contributed by atoms with van der Waals surface area (Å²) in [6, 6.07) is 10.0. The van der Waals surface area contributed by atoms with Crippen LogP contribution in [0.15, 0.2) is 58.1 Å². The van der Waals surface area contributed by atoms with Gasteiger partial charge in [0.1, 0.15) is 6.10 Å². The predicted octanol–water partition coefficient (Wildman–Crippen LogP) is 3.28. The van der Waals surface area contributed by atoms with Crippen molar-refractivity contribution >= 4 is 38.4 Å². The minimum atomic E-state index is -3.78. The molecular weight excluding hydrogens is 396 g/mol. The van der Waals surface area contributed by atoms with E-state index in [2.05, 4.69) is 4.72 Å². The molecule has 0 saturated heterocycles. The highest BCUT2D eigenvalue weighted by Gasteiger charge is 2.17. The van der Waals surface area contributed by atoms with Gasteiger partial charge in [-0.3, -0.25) is 10.1 Å². The zero-order valence-electron chi connectivity index (χ0n) is 13.2. The summed E-state index contributed by atoms with van der Waals surface area (Å²) in [4.78, 5) is 11.5. The van der Waals surface area contributed by atoms with E-state index < -0.39 is 21.1 Å². The summed E-state index contributed by atoms with van der Waals surface area (Å²) >= 11 is 2.81.